The van der Waals surface area contributed by atoms with Gasteiger partial charge in [0.1, 0.15) is 0 Å². The smallest absolute Gasteiger partial charge is 0.191 e. The maximum absolute atomic E-state index is 5.71. The normalized spacial score (nSPS) is 21.8. The Hall–Kier alpha value is -1.15. The van der Waals surface area contributed by atoms with Gasteiger partial charge < -0.3 is 20.1 Å². The van der Waals surface area contributed by atoms with E-state index in [9.17, 15) is 0 Å². The van der Waals surface area contributed by atoms with Gasteiger partial charge in [0.05, 0.1) is 31.9 Å². The van der Waals surface area contributed by atoms with Gasteiger partial charge in [-0.05, 0) is 32.2 Å². The molecule has 142 valence electrons. The molecule has 3 unspecified atom stereocenters. The van der Waals surface area contributed by atoms with Crippen LogP contribution in [0, 0.1) is 0 Å². The van der Waals surface area contributed by atoms with Crippen LogP contribution in [0.2, 0.25) is 0 Å². The number of ether oxygens (including phenoxy) is 2. The topological polar surface area (TPSA) is 58.1 Å². The van der Waals surface area contributed by atoms with Crippen LogP contribution in [0.4, 0.5) is 0 Å². The lowest BCUT2D eigenvalue weighted by molar-refractivity contribution is -0.0327. The van der Waals surface area contributed by atoms with Crippen LogP contribution in [-0.4, -0.2) is 69.5 Å². The van der Waals surface area contributed by atoms with Crippen LogP contribution in [0.1, 0.15) is 31.7 Å². The van der Waals surface area contributed by atoms with E-state index in [2.05, 4.69) is 53.8 Å². The second kappa shape index (κ2) is 10.8. The predicted molar refractivity (Wildman–Crippen MR) is 104 cm³/mol. The summed E-state index contributed by atoms with van der Waals surface area (Å²) in [6.07, 6.45) is 0.272. The van der Waals surface area contributed by atoms with Gasteiger partial charge in [-0.25, -0.2) is 0 Å². The second-order valence-electron chi connectivity index (χ2n) is 6.43. The van der Waals surface area contributed by atoms with Gasteiger partial charge in [0.25, 0.3) is 0 Å². The van der Waals surface area contributed by atoms with Gasteiger partial charge in [0, 0.05) is 37.7 Å². The molecule has 1 aromatic heterocycles. The highest BCUT2D eigenvalue weighted by Gasteiger charge is 2.26. The highest BCUT2D eigenvalue weighted by molar-refractivity contribution is 7.10. The molecule has 0 amide bonds. The maximum Gasteiger partial charge on any atom is 0.191 e. The summed E-state index contributed by atoms with van der Waals surface area (Å²) in [5.41, 5.74) is 0. The molecule has 0 aliphatic carbocycles. The molecule has 1 aromatic rings. The van der Waals surface area contributed by atoms with Crippen molar-refractivity contribution in [3.8, 4) is 0 Å². The number of nitrogens with one attached hydrogen (secondary N) is 2. The first-order valence-corrected chi connectivity index (χ1v) is 9.94. The number of thiophene rings is 1. The van der Waals surface area contributed by atoms with Gasteiger partial charge in [0.15, 0.2) is 5.96 Å². The zero-order valence-corrected chi connectivity index (χ0v) is 16.6. The second-order valence-corrected chi connectivity index (χ2v) is 7.41. The third-order valence-corrected chi connectivity index (χ3v) is 5.12. The third-order valence-electron chi connectivity index (χ3n) is 4.15. The molecule has 2 heterocycles. The molecule has 1 fully saturated rings. The lowest BCUT2D eigenvalue weighted by Gasteiger charge is -2.36. The number of rotatable bonds is 8. The Labute approximate surface area is 155 Å². The molecular formula is C18H32N4O2S. The molecule has 3 atom stereocenters. The van der Waals surface area contributed by atoms with E-state index in [1.54, 1.807) is 18.4 Å². The van der Waals surface area contributed by atoms with Gasteiger partial charge in [-0.3, -0.25) is 9.89 Å². The van der Waals surface area contributed by atoms with E-state index in [0.717, 1.165) is 38.7 Å². The van der Waals surface area contributed by atoms with Crippen molar-refractivity contribution in [2.75, 3.05) is 46.5 Å². The number of methoxy groups -OCH3 is 1. The fraction of sp³-hybridized carbons (Fsp3) is 0.722. The summed E-state index contributed by atoms with van der Waals surface area (Å²) in [6.45, 7) is 11.2. The van der Waals surface area contributed by atoms with Crippen molar-refractivity contribution in [2.45, 2.75) is 39.0 Å². The Morgan fingerprint density at radius 2 is 2.40 bits per heavy atom. The number of guanidine groups is 1. The van der Waals surface area contributed by atoms with Crippen molar-refractivity contribution in [2.24, 2.45) is 4.99 Å². The summed E-state index contributed by atoms with van der Waals surface area (Å²) in [6, 6.07) is 4.83. The highest BCUT2D eigenvalue weighted by atomic mass is 32.1. The molecule has 1 saturated heterocycles. The molecule has 7 heteroatoms. The van der Waals surface area contributed by atoms with Crippen LogP contribution in [0.3, 0.4) is 0 Å². The van der Waals surface area contributed by atoms with Crippen molar-refractivity contribution < 1.29 is 9.47 Å². The molecule has 6 nitrogen and oxygen atoms in total. The Bertz CT molecular complexity index is 509. The van der Waals surface area contributed by atoms with Crippen molar-refractivity contribution in [1.29, 1.82) is 0 Å². The molecular weight excluding hydrogens is 336 g/mol. The minimum Gasteiger partial charge on any atom is -0.383 e. The van der Waals surface area contributed by atoms with E-state index < -0.39 is 0 Å². The van der Waals surface area contributed by atoms with Crippen molar-refractivity contribution in [3.63, 3.8) is 0 Å². The van der Waals surface area contributed by atoms with E-state index in [-0.39, 0.29) is 12.1 Å². The van der Waals surface area contributed by atoms with Crippen LogP contribution in [0.15, 0.2) is 22.5 Å². The van der Waals surface area contributed by atoms with Crippen molar-refractivity contribution in [3.05, 3.63) is 22.4 Å². The van der Waals surface area contributed by atoms with Gasteiger partial charge in [-0.15, -0.1) is 11.3 Å². The van der Waals surface area contributed by atoms with E-state index >= 15 is 0 Å². The number of hydrogen-bond donors (Lipinski definition) is 2. The first-order valence-electron chi connectivity index (χ1n) is 9.06. The van der Waals surface area contributed by atoms with Crippen molar-refractivity contribution in [1.82, 2.24) is 15.5 Å². The molecule has 0 spiro atoms. The summed E-state index contributed by atoms with van der Waals surface area (Å²) in [5.74, 6) is 0.843. The number of nitrogens with zero attached hydrogens (tertiary/aromatic N) is 2. The first-order chi connectivity index (χ1) is 12.1. The average molecular weight is 369 g/mol. The van der Waals surface area contributed by atoms with E-state index in [1.807, 2.05) is 0 Å². The standard InChI is InChI=1S/C18H32N4O2S/c1-5-19-18(21-14(2)13-23-4)20-11-16(17-7-6-10-25-17)22-8-9-24-15(3)12-22/h6-7,10,14-16H,5,8-9,11-13H2,1-4H3,(H2,19,20,21). The fourth-order valence-corrected chi connectivity index (χ4v) is 3.87. The Balaban J connectivity index is 2.08. The summed E-state index contributed by atoms with van der Waals surface area (Å²) < 4.78 is 10.9. The van der Waals surface area contributed by atoms with E-state index in [1.165, 1.54) is 4.88 Å². The molecule has 1 aliphatic heterocycles. The Kier molecular flexibility index (Phi) is 8.67. The molecule has 0 radical (unpaired) electrons. The lowest BCUT2D eigenvalue weighted by Crippen LogP contribution is -2.46. The van der Waals surface area contributed by atoms with Gasteiger partial charge in [-0.1, -0.05) is 6.07 Å². The lowest BCUT2D eigenvalue weighted by atomic mass is 10.1. The SMILES string of the molecule is CCNC(=NCC(c1cccs1)N1CCOC(C)C1)NC(C)COC. The van der Waals surface area contributed by atoms with E-state index in [0.29, 0.717) is 12.6 Å². The summed E-state index contributed by atoms with van der Waals surface area (Å²) in [5, 5.41) is 8.87. The predicted octanol–water partition coefficient (Wildman–Crippen LogP) is 2.10. The maximum atomic E-state index is 5.71. The molecule has 2 N–H and O–H groups in total. The van der Waals surface area contributed by atoms with Crippen molar-refractivity contribution >= 4 is 17.3 Å². The van der Waals surface area contributed by atoms with Crippen LogP contribution < -0.4 is 10.6 Å². The highest BCUT2D eigenvalue weighted by Crippen LogP contribution is 2.27. The Morgan fingerprint density at radius 3 is 3.04 bits per heavy atom. The third kappa shape index (κ3) is 6.58. The first kappa shape index (κ1) is 20.2. The fourth-order valence-electron chi connectivity index (χ4n) is 3.02. The number of hydrogen-bond acceptors (Lipinski definition) is 5. The number of aliphatic imine (C=N–C) groups is 1. The minimum absolute atomic E-state index is 0.214. The van der Waals surface area contributed by atoms with Crippen LogP contribution in [-0.2, 0) is 9.47 Å². The van der Waals surface area contributed by atoms with Crippen LogP contribution >= 0.6 is 11.3 Å². The molecule has 25 heavy (non-hydrogen) atoms. The van der Waals surface area contributed by atoms with Gasteiger partial charge in [0.2, 0.25) is 0 Å². The molecule has 0 saturated carbocycles. The Morgan fingerprint density at radius 1 is 1.56 bits per heavy atom. The average Bonchev–Trinajstić information content (AvgIpc) is 3.10. The summed E-state index contributed by atoms with van der Waals surface area (Å²) in [4.78, 5) is 8.71. The molecule has 1 aliphatic rings. The molecule has 0 aromatic carbocycles. The largest absolute Gasteiger partial charge is 0.383 e. The monoisotopic (exact) mass is 368 g/mol. The van der Waals surface area contributed by atoms with Crippen LogP contribution in [0.25, 0.3) is 0 Å². The molecule has 2 rings (SSSR count). The van der Waals surface area contributed by atoms with Gasteiger partial charge in [-0.2, -0.15) is 0 Å². The minimum atomic E-state index is 0.214. The quantitative estimate of drug-likeness (QED) is 0.544. The summed E-state index contributed by atoms with van der Waals surface area (Å²) >= 11 is 1.80. The number of morpholine rings is 1. The van der Waals surface area contributed by atoms with Crippen LogP contribution in [0.5, 0.6) is 0 Å². The summed E-state index contributed by atoms with van der Waals surface area (Å²) in [7, 11) is 1.72. The zero-order valence-electron chi connectivity index (χ0n) is 15.8. The molecule has 0 bridgehead atoms. The van der Waals surface area contributed by atoms with Gasteiger partial charge >= 0.3 is 0 Å². The van der Waals surface area contributed by atoms with E-state index in [4.69, 9.17) is 14.5 Å². The zero-order chi connectivity index (χ0) is 18.1.